The lowest BCUT2D eigenvalue weighted by Crippen LogP contribution is -2.57. The number of carbonyl (C=O) groups is 2. The zero-order valence-electron chi connectivity index (χ0n) is 14.6. The van der Waals surface area contributed by atoms with Gasteiger partial charge in [-0.25, -0.2) is 9.59 Å². The van der Waals surface area contributed by atoms with Gasteiger partial charge in [0, 0.05) is 18.9 Å². The van der Waals surface area contributed by atoms with E-state index >= 15 is 0 Å². The third-order valence-electron chi connectivity index (χ3n) is 4.20. The fraction of sp³-hybridized carbons (Fsp3) is 0.444. The van der Waals surface area contributed by atoms with Crippen LogP contribution in [0.5, 0.6) is 11.5 Å². The third-order valence-corrected chi connectivity index (χ3v) is 4.20. The summed E-state index contributed by atoms with van der Waals surface area (Å²) in [5.41, 5.74) is -1.68. The predicted octanol–water partition coefficient (Wildman–Crippen LogP) is -0.167. The van der Waals surface area contributed by atoms with E-state index in [9.17, 15) is 35.1 Å². The predicted molar refractivity (Wildman–Crippen MR) is 91.5 cm³/mol. The summed E-state index contributed by atoms with van der Waals surface area (Å²) in [6, 6.07) is 3.90. The Morgan fingerprint density at radius 3 is 2.56 bits per heavy atom. The number of benzene rings is 1. The number of carbonyl (C=O) groups excluding carboxylic acids is 2. The Morgan fingerprint density at radius 2 is 1.93 bits per heavy atom. The molecule has 27 heavy (non-hydrogen) atoms. The molecule has 0 bridgehead atoms. The highest BCUT2D eigenvalue weighted by Crippen LogP contribution is 2.32. The lowest BCUT2D eigenvalue weighted by Gasteiger charge is -2.39. The first-order chi connectivity index (χ1) is 12.7. The largest absolute Gasteiger partial charge is 0.504 e. The van der Waals surface area contributed by atoms with Gasteiger partial charge < -0.3 is 35.0 Å². The molecule has 0 heterocycles. The molecule has 1 aliphatic carbocycles. The van der Waals surface area contributed by atoms with Gasteiger partial charge in [-0.2, -0.15) is 0 Å². The van der Waals surface area contributed by atoms with Crippen molar-refractivity contribution in [3.05, 3.63) is 29.8 Å². The van der Waals surface area contributed by atoms with Crippen LogP contribution >= 0.6 is 0 Å². The topological polar surface area (TPSA) is 154 Å². The van der Waals surface area contributed by atoms with Gasteiger partial charge in [0.05, 0.1) is 12.7 Å². The zero-order valence-corrected chi connectivity index (χ0v) is 14.6. The molecule has 0 saturated heterocycles. The Hall–Kier alpha value is -2.62. The van der Waals surface area contributed by atoms with Crippen molar-refractivity contribution >= 4 is 18.0 Å². The summed E-state index contributed by atoms with van der Waals surface area (Å²) in [7, 11) is 0. The Bertz CT molecular complexity index is 730. The van der Waals surface area contributed by atoms with E-state index in [4.69, 9.17) is 9.47 Å². The molecule has 4 atom stereocenters. The summed E-state index contributed by atoms with van der Waals surface area (Å²) in [6.07, 6.45) is -2.85. The molecule has 2 rings (SSSR count). The molecular weight excluding hydrogens is 360 g/mol. The zero-order chi connectivity index (χ0) is 20.2. The Balaban J connectivity index is 2.06. The van der Waals surface area contributed by atoms with Crippen LogP contribution in [-0.4, -0.2) is 68.0 Å². The van der Waals surface area contributed by atoms with E-state index in [-0.39, 0.29) is 18.1 Å². The van der Waals surface area contributed by atoms with Gasteiger partial charge in [0.25, 0.3) is 0 Å². The second kappa shape index (κ2) is 8.38. The van der Waals surface area contributed by atoms with Crippen molar-refractivity contribution in [1.29, 1.82) is 0 Å². The van der Waals surface area contributed by atoms with Crippen molar-refractivity contribution in [2.45, 2.75) is 43.7 Å². The minimum atomic E-state index is -2.08. The van der Waals surface area contributed by atoms with Crippen LogP contribution in [-0.2, 0) is 19.1 Å². The molecule has 1 aliphatic rings. The SMILES string of the molecule is CCOC(=O)[C@]1(O)C[C@@H](O)[C@@H](O)[C@H](OC(=O)C=Cc2ccc(O)c(O)c2)C1. The maximum absolute atomic E-state index is 12.0. The van der Waals surface area contributed by atoms with E-state index in [1.165, 1.54) is 24.3 Å². The van der Waals surface area contributed by atoms with Crippen molar-refractivity contribution < 1.29 is 44.6 Å². The molecular formula is C18H22O9. The molecule has 148 valence electrons. The van der Waals surface area contributed by atoms with Crippen LogP contribution < -0.4 is 0 Å². The summed E-state index contributed by atoms with van der Waals surface area (Å²) in [5, 5.41) is 49.0. The van der Waals surface area contributed by atoms with Crippen molar-refractivity contribution in [1.82, 2.24) is 0 Å². The molecule has 0 aromatic heterocycles. The van der Waals surface area contributed by atoms with Gasteiger partial charge in [-0.05, 0) is 30.7 Å². The highest BCUT2D eigenvalue weighted by atomic mass is 16.6. The summed E-state index contributed by atoms with van der Waals surface area (Å²) in [6.45, 7) is 1.57. The van der Waals surface area contributed by atoms with Gasteiger partial charge in [0.1, 0.15) is 12.2 Å². The highest BCUT2D eigenvalue weighted by Gasteiger charge is 2.51. The summed E-state index contributed by atoms with van der Waals surface area (Å²) >= 11 is 0. The molecule has 9 heteroatoms. The number of ether oxygens (including phenoxy) is 2. The van der Waals surface area contributed by atoms with Gasteiger partial charge in [-0.15, -0.1) is 0 Å². The second-order valence-corrected chi connectivity index (χ2v) is 6.28. The first-order valence-electron chi connectivity index (χ1n) is 8.32. The van der Waals surface area contributed by atoms with Gasteiger partial charge in [-0.3, -0.25) is 0 Å². The van der Waals surface area contributed by atoms with E-state index < -0.39 is 48.7 Å². The first-order valence-corrected chi connectivity index (χ1v) is 8.32. The molecule has 0 spiro atoms. The molecule has 1 aromatic carbocycles. The standard InChI is InChI=1S/C18H22O9/c1-2-26-17(24)18(25)8-13(21)16(23)14(9-18)27-15(22)6-4-10-3-5-11(19)12(20)7-10/h3-7,13-14,16,19-21,23,25H,2,8-9H2,1H3/t13-,14-,16-,18+/m1/s1. The second-order valence-electron chi connectivity index (χ2n) is 6.28. The van der Waals surface area contributed by atoms with Crippen LogP contribution in [0.15, 0.2) is 24.3 Å². The summed E-state index contributed by atoms with van der Waals surface area (Å²) < 4.78 is 9.83. The van der Waals surface area contributed by atoms with E-state index in [1.54, 1.807) is 6.92 Å². The number of hydrogen-bond acceptors (Lipinski definition) is 9. The van der Waals surface area contributed by atoms with Gasteiger partial charge in [0.15, 0.2) is 17.1 Å². The lowest BCUT2D eigenvalue weighted by molar-refractivity contribution is -0.199. The first kappa shape index (κ1) is 20.7. The molecule has 0 unspecified atom stereocenters. The summed E-state index contributed by atoms with van der Waals surface area (Å²) in [5.74, 6) is -2.54. The van der Waals surface area contributed by atoms with Crippen LogP contribution in [0.3, 0.4) is 0 Å². The number of hydrogen-bond donors (Lipinski definition) is 5. The van der Waals surface area contributed by atoms with E-state index in [2.05, 4.69) is 0 Å². The monoisotopic (exact) mass is 382 g/mol. The van der Waals surface area contributed by atoms with Crippen LogP contribution in [0.4, 0.5) is 0 Å². The Morgan fingerprint density at radius 1 is 1.22 bits per heavy atom. The normalized spacial score (nSPS) is 28.1. The van der Waals surface area contributed by atoms with Crippen LogP contribution in [0.25, 0.3) is 6.08 Å². The van der Waals surface area contributed by atoms with Crippen molar-refractivity contribution in [3.63, 3.8) is 0 Å². The summed E-state index contributed by atoms with van der Waals surface area (Å²) in [4.78, 5) is 23.9. The molecule has 1 saturated carbocycles. The smallest absolute Gasteiger partial charge is 0.338 e. The maximum Gasteiger partial charge on any atom is 0.338 e. The number of aliphatic hydroxyl groups is 3. The Labute approximate surface area is 155 Å². The van der Waals surface area contributed by atoms with E-state index in [1.807, 2.05) is 0 Å². The average molecular weight is 382 g/mol. The minimum absolute atomic E-state index is 0.0203. The highest BCUT2D eigenvalue weighted by molar-refractivity contribution is 5.87. The van der Waals surface area contributed by atoms with E-state index in [0.29, 0.717) is 5.56 Å². The number of esters is 2. The number of phenols is 2. The molecule has 5 N–H and O–H groups in total. The number of aliphatic hydroxyl groups excluding tert-OH is 2. The lowest BCUT2D eigenvalue weighted by atomic mass is 9.79. The molecule has 1 fully saturated rings. The van der Waals surface area contributed by atoms with Crippen LogP contribution in [0, 0.1) is 0 Å². The number of phenolic OH excluding ortho intramolecular Hbond substituents is 2. The fourth-order valence-corrected chi connectivity index (χ4v) is 2.79. The molecule has 0 radical (unpaired) electrons. The van der Waals surface area contributed by atoms with Crippen molar-refractivity contribution in [2.24, 2.45) is 0 Å². The van der Waals surface area contributed by atoms with E-state index in [0.717, 1.165) is 6.08 Å². The average Bonchev–Trinajstić information content (AvgIpc) is 2.60. The molecule has 0 aliphatic heterocycles. The fourth-order valence-electron chi connectivity index (χ4n) is 2.79. The third kappa shape index (κ3) is 4.97. The number of aromatic hydroxyl groups is 2. The minimum Gasteiger partial charge on any atom is -0.504 e. The van der Waals surface area contributed by atoms with Gasteiger partial charge >= 0.3 is 11.9 Å². The van der Waals surface area contributed by atoms with Crippen molar-refractivity contribution in [2.75, 3.05) is 6.61 Å². The van der Waals surface area contributed by atoms with Gasteiger partial charge in [0.2, 0.25) is 0 Å². The maximum atomic E-state index is 12.0. The molecule has 0 amide bonds. The van der Waals surface area contributed by atoms with Crippen LogP contribution in [0.2, 0.25) is 0 Å². The Kier molecular flexibility index (Phi) is 6.42. The molecule has 1 aromatic rings. The van der Waals surface area contributed by atoms with Crippen LogP contribution in [0.1, 0.15) is 25.3 Å². The molecule has 9 nitrogen and oxygen atoms in total. The van der Waals surface area contributed by atoms with Crippen molar-refractivity contribution in [3.8, 4) is 11.5 Å². The number of rotatable bonds is 5. The van der Waals surface area contributed by atoms with Gasteiger partial charge in [-0.1, -0.05) is 6.07 Å². The quantitative estimate of drug-likeness (QED) is 0.265.